The monoisotopic (exact) mass is 199 g/mol. The number of hydrogen-bond acceptors (Lipinski definition) is 3. The van der Waals surface area contributed by atoms with Gasteiger partial charge in [-0.1, -0.05) is 6.92 Å². The smallest absolute Gasteiger partial charge is 0.308 e. The summed E-state index contributed by atoms with van der Waals surface area (Å²) < 4.78 is 0. The number of hydrogen-bond donors (Lipinski definition) is 2. The maximum Gasteiger partial charge on any atom is 0.308 e. The number of carboxylic acids is 1. The Morgan fingerprint density at radius 2 is 2.31 bits per heavy atom. The van der Waals surface area contributed by atoms with E-state index < -0.39 is 17.9 Å². The van der Waals surface area contributed by atoms with Crippen molar-refractivity contribution in [2.75, 3.05) is 0 Å². The zero-order valence-electron chi connectivity index (χ0n) is 7.65. The second kappa shape index (κ2) is 3.89. The van der Waals surface area contributed by atoms with Crippen LogP contribution in [0.1, 0.15) is 23.4 Å². The van der Waals surface area contributed by atoms with Crippen LogP contribution in [0, 0.1) is 12.8 Å². The van der Waals surface area contributed by atoms with Gasteiger partial charge in [0.1, 0.15) is 0 Å². The molecule has 0 fully saturated rings. The van der Waals surface area contributed by atoms with E-state index in [1.807, 2.05) is 18.4 Å². The molecule has 3 nitrogen and oxygen atoms in total. The van der Waals surface area contributed by atoms with Gasteiger partial charge in [-0.25, -0.2) is 0 Å². The molecule has 0 aliphatic rings. The van der Waals surface area contributed by atoms with Gasteiger partial charge in [0.2, 0.25) is 0 Å². The Kier molecular flexibility index (Phi) is 3.06. The second-order valence-corrected chi connectivity index (χ2v) is 4.07. The van der Waals surface area contributed by atoms with Gasteiger partial charge in [-0.15, -0.1) is 11.3 Å². The van der Waals surface area contributed by atoms with E-state index in [0.29, 0.717) is 0 Å². The van der Waals surface area contributed by atoms with Crippen LogP contribution in [0.4, 0.5) is 0 Å². The number of rotatable bonds is 3. The molecule has 1 heterocycles. The molecule has 1 rings (SSSR count). The molecular formula is C9H13NO2S. The predicted octanol–water partition coefficient (Wildman–Crippen LogP) is 1.78. The summed E-state index contributed by atoms with van der Waals surface area (Å²) >= 11 is 1.52. The van der Waals surface area contributed by atoms with Gasteiger partial charge in [-0.05, 0) is 23.9 Å². The highest BCUT2D eigenvalue weighted by atomic mass is 32.1. The molecule has 1 aromatic heterocycles. The Morgan fingerprint density at radius 3 is 2.69 bits per heavy atom. The number of aryl methyl sites for hydroxylation is 1. The molecular weight excluding hydrogens is 186 g/mol. The molecule has 0 amide bonds. The highest BCUT2D eigenvalue weighted by molar-refractivity contribution is 7.10. The molecule has 0 saturated carbocycles. The molecule has 2 atom stereocenters. The fourth-order valence-corrected chi connectivity index (χ4v) is 2.14. The van der Waals surface area contributed by atoms with E-state index in [2.05, 4.69) is 0 Å². The fraction of sp³-hybridized carbons (Fsp3) is 0.444. The molecule has 2 unspecified atom stereocenters. The minimum absolute atomic E-state index is 0.391. The van der Waals surface area contributed by atoms with Crippen molar-refractivity contribution in [3.8, 4) is 0 Å². The van der Waals surface area contributed by atoms with Gasteiger partial charge < -0.3 is 10.8 Å². The summed E-state index contributed by atoms with van der Waals surface area (Å²) in [5.74, 6) is -1.38. The maximum atomic E-state index is 10.7. The largest absolute Gasteiger partial charge is 0.481 e. The van der Waals surface area contributed by atoms with Gasteiger partial charge in [-0.3, -0.25) is 4.79 Å². The van der Waals surface area contributed by atoms with Crippen LogP contribution in [-0.2, 0) is 4.79 Å². The molecule has 72 valence electrons. The van der Waals surface area contributed by atoms with Gasteiger partial charge in [0, 0.05) is 4.88 Å². The van der Waals surface area contributed by atoms with Crippen LogP contribution >= 0.6 is 11.3 Å². The number of carboxylic acid groups (broad SMARTS) is 1. The average molecular weight is 199 g/mol. The SMILES string of the molecule is Cc1ccsc1C(N)C(C)C(=O)O. The number of thiophene rings is 1. The minimum Gasteiger partial charge on any atom is -0.481 e. The first kappa shape index (κ1) is 10.2. The van der Waals surface area contributed by atoms with Crippen molar-refractivity contribution >= 4 is 17.3 Å². The van der Waals surface area contributed by atoms with Crippen LogP contribution in [0.3, 0.4) is 0 Å². The third kappa shape index (κ3) is 2.08. The zero-order valence-corrected chi connectivity index (χ0v) is 8.47. The van der Waals surface area contributed by atoms with E-state index in [4.69, 9.17) is 10.8 Å². The lowest BCUT2D eigenvalue weighted by molar-refractivity contribution is -0.141. The lowest BCUT2D eigenvalue weighted by Gasteiger charge is -2.15. The fourth-order valence-electron chi connectivity index (χ4n) is 1.11. The molecule has 0 aliphatic heterocycles. The van der Waals surface area contributed by atoms with E-state index in [9.17, 15) is 4.79 Å². The van der Waals surface area contributed by atoms with Crippen molar-refractivity contribution in [3.05, 3.63) is 21.9 Å². The van der Waals surface area contributed by atoms with Crippen molar-refractivity contribution < 1.29 is 9.90 Å². The number of carbonyl (C=O) groups is 1. The lowest BCUT2D eigenvalue weighted by Crippen LogP contribution is -2.25. The van der Waals surface area contributed by atoms with Crippen LogP contribution in [0.5, 0.6) is 0 Å². The van der Waals surface area contributed by atoms with Gasteiger partial charge in [0.25, 0.3) is 0 Å². The summed E-state index contributed by atoms with van der Waals surface area (Å²) in [6.45, 7) is 3.58. The van der Waals surface area contributed by atoms with E-state index >= 15 is 0 Å². The Morgan fingerprint density at radius 1 is 1.69 bits per heavy atom. The van der Waals surface area contributed by atoms with E-state index in [1.165, 1.54) is 11.3 Å². The summed E-state index contributed by atoms with van der Waals surface area (Å²) in [6, 6.07) is 1.56. The molecule has 0 aliphatic carbocycles. The topological polar surface area (TPSA) is 63.3 Å². The Bertz CT molecular complexity index is 308. The molecule has 0 saturated heterocycles. The summed E-state index contributed by atoms with van der Waals surface area (Å²) in [7, 11) is 0. The molecule has 1 aromatic rings. The average Bonchev–Trinajstić information content (AvgIpc) is 2.48. The third-order valence-electron chi connectivity index (χ3n) is 2.13. The van der Waals surface area contributed by atoms with E-state index in [1.54, 1.807) is 6.92 Å². The highest BCUT2D eigenvalue weighted by Crippen LogP contribution is 2.27. The van der Waals surface area contributed by atoms with Crippen LogP contribution in [-0.4, -0.2) is 11.1 Å². The first-order valence-electron chi connectivity index (χ1n) is 4.06. The van der Waals surface area contributed by atoms with Crippen molar-refractivity contribution in [1.29, 1.82) is 0 Å². The normalized spacial score (nSPS) is 15.3. The zero-order chi connectivity index (χ0) is 10.0. The first-order valence-corrected chi connectivity index (χ1v) is 4.94. The summed E-state index contributed by atoms with van der Waals surface area (Å²) in [6.07, 6.45) is 0. The quantitative estimate of drug-likeness (QED) is 0.780. The second-order valence-electron chi connectivity index (χ2n) is 3.12. The van der Waals surface area contributed by atoms with Gasteiger partial charge in [0.05, 0.1) is 12.0 Å². The van der Waals surface area contributed by atoms with Crippen molar-refractivity contribution in [1.82, 2.24) is 0 Å². The van der Waals surface area contributed by atoms with Gasteiger partial charge >= 0.3 is 5.97 Å². The van der Waals surface area contributed by atoms with E-state index in [0.717, 1.165) is 10.4 Å². The third-order valence-corrected chi connectivity index (χ3v) is 3.25. The number of nitrogens with two attached hydrogens (primary N) is 1. The van der Waals surface area contributed by atoms with Crippen molar-refractivity contribution in [2.45, 2.75) is 19.9 Å². The van der Waals surface area contributed by atoms with Crippen molar-refractivity contribution in [3.63, 3.8) is 0 Å². The first-order chi connectivity index (χ1) is 6.04. The summed E-state index contributed by atoms with van der Waals surface area (Å²) in [4.78, 5) is 11.6. The molecule has 0 aromatic carbocycles. The summed E-state index contributed by atoms with van der Waals surface area (Å²) in [5, 5.41) is 10.7. The van der Waals surface area contributed by atoms with Crippen molar-refractivity contribution in [2.24, 2.45) is 11.7 Å². The van der Waals surface area contributed by atoms with Crippen LogP contribution in [0.2, 0.25) is 0 Å². The Labute approximate surface area is 81.2 Å². The standard InChI is InChI=1S/C9H13NO2S/c1-5-3-4-13-8(5)7(10)6(2)9(11)12/h3-4,6-7H,10H2,1-2H3,(H,11,12). The molecule has 4 heteroatoms. The molecule has 13 heavy (non-hydrogen) atoms. The Hall–Kier alpha value is -0.870. The maximum absolute atomic E-state index is 10.7. The molecule has 0 radical (unpaired) electrons. The molecule has 0 bridgehead atoms. The van der Waals surface area contributed by atoms with E-state index in [-0.39, 0.29) is 0 Å². The lowest BCUT2D eigenvalue weighted by atomic mass is 10.00. The Balaban J connectivity index is 2.85. The highest BCUT2D eigenvalue weighted by Gasteiger charge is 2.23. The minimum atomic E-state index is -0.847. The summed E-state index contributed by atoms with van der Waals surface area (Å²) in [5.41, 5.74) is 6.89. The van der Waals surface area contributed by atoms with Crippen LogP contribution < -0.4 is 5.73 Å². The van der Waals surface area contributed by atoms with Crippen LogP contribution in [0.25, 0.3) is 0 Å². The predicted molar refractivity (Wildman–Crippen MR) is 52.8 cm³/mol. The molecule has 0 spiro atoms. The van der Waals surface area contributed by atoms with Gasteiger partial charge in [0.15, 0.2) is 0 Å². The van der Waals surface area contributed by atoms with Gasteiger partial charge in [-0.2, -0.15) is 0 Å². The molecule has 3 N–H and O–H groups in total. The van der Waals surface area contributed by atoms with Crippen LogP contribution in [0.15, 0.2) is 11.4 Å². The number of aliphatic carboxylic acids is 1.